The zero-order chi connectivity index (χ0) is 21.9. The number of anilines is 2. The van der Waals surface area contributed by atoms with E-state index in [4.69, 9.17) is 0 Å². The molecule has 0 fully saturated rings. The second kappa shape index (κ2) is 8.71. The normalized spacial score (nSPS) is 11.4. The molecule has 3 aromatic carbocycles. The predicted octanol–water partition coefficient (Wildman–Crippen LogP) is 5.48. The minimum absolute atomic E-state index is 0.126. The molecule has 156 valence electrons. The fraction of sp³-hybridized carbons (Fsp3) is 0.208. The zero-order valence-corrected chi connectivity index (χ0v) is 18.4. The van der Waals surface area contributed by atoms with Crippen molar-refractivity contribution in [3.8, 4) is 0 Å². The third-order valence-electron chi connectivity index (χ3n) is 4.74. The van der Waals surface area contributed by atoms with E-state index in [1.54, 1.807) is 36.4 Å². The molecular weight excluding hydrogens is 396 g/mol. The minimum atomic E-state index is -3.72. The zero-order valence-electron chi connectivity index (χ0n) is 17.6. The molecule has 0 aliphatic carbocycles. The summed E-state index contributed by atoms with van der Waals surface area (Å²) in [6.07, 6.45) is 0. The number of amides is 1. The highest BCUT2D eigenvalue weighted by Gasteiger charge is 2.15. The Morgan fingerprint density at radius 1 is 0.800 bits per heavy atom. The van der Waals surface area contributed by atoms with Gasteiger partial charge in [0.1, 0.15) is 0 Å². The van der Waals surface area contributed by atoms with E-state index in [0.717, 1.165) is 16.7 Å². The van der Waals surface area contributed by atoms with E-state index in [-0.39, 0.29) is 10.8 Å². The van der Waals surface area contributed by atoms with E-state index in [2.05, 4.69) is 23.9 Å². The van der Waals surface area contributed by atoms with Gasteiger partial charge in [-0.05, 0) is 85.0 Å². The summed E-state index contributed by atoms with van der Waals surface area (Å²) in [6, 6.07) is 19.1. The highest BCUT2D eigenvalue weighted by Crippen LogP contribution is 2.21. The Hall–Kier alpha value is -3.12. The van der Waals surface area contributed by atoms with Crippen molar-refractivity contribution in [2.75, 3.05) is 10.0 Å². The fourth-order valence-corrected chi connectivity index (χ4v) is 4.23. The van der Waals surface area contributed by atoms with Crippen molar-refractivity contribution in [1.29, 1.82) is 0 Å². The van der Waals surface area contributed by atoms with E-state index in [0.29, 0.717) is 22.9 Å². The quantitative estimate of drug-likeness (QED) is 0.552. The first-order valence-electron chi connectivity index (χ1n) is 9.76. The Morgan fingerprint density at radius 3 is 1.90 bits per heavy atom. The van der Waals surface area contributed by atoms with Crippen molar-refractivity contribution in [3.05, 3.63) is 89.0 Å². The summed E-state index contributed by atoms with van der Waals surface area (Å²) < 4.78 is 27.9. The van der Waals surface area contributed by atoms with Crippen molar-refractivity contribution in [2.45, 2.75) is 38.5 Å². The van der Waals surface area contributed by atoms with Gasteiger partial charge in [-0.2, -0.15) is 0 Å². The van der Waals surface area contributed by atoms with Crippen LogP contribution in [-0.2, 0) is 10.0 Å². The summed E-state index contributed by atoms with van der Waals surface area (Å²) in [5, 5.41) is 2.80. The Morgan fingerprint density at radius 2 is 1.37 bits per heavy atom. The maximum Gasteiger partial charge on any atom is 0.261 e. The molecule has 0 aliphatic heterocycles. The smallest absolute Gasteiger partial charge is 0.261 e. The average molecular weight is 423 g/mol. The van der Waals surface area contributed by atoms with Crippen LogP contribution in [-0.4, -0.2) is 14.3 Å². The third kappa shape index (κ3) is 5.27. The molecule has 1 amide bonds. The summed E-state index contributed by atoms with van der Waals surface area (Å²) in [6.45, 7) is 8.02. The van der Waals surface area contributed by atoms with Crippen LogP contribution in [0.25, 0.3) is 0 Å². The number of carbonyl (C=O) groups excluding carboxylic acids is 1. The maximum atomic E-state index is 12.7. The monoisotopic (exact) mass is 422 g/mol. The molecule has 2 N–H and O–H groups in total. The van der Waals surface area contributed by atoms with Gasteiger partial charge in [-0.25, -0.2) is 8.42 Å². The van der Waals surface area contributed by atoms with Crippen LogP contribution in [0.1, 0.15) is 46.8 Å². The van der Waals surface area contributed by atoms with Crippen LogP contribution in [0.2, 0.25) is 0 Å². The van der Waals surface area contributed by atoms with Gasteiger partial charge in [-0.15, -0.1) is 0 Å². The van der Waals surface area contributed by atoms with Gasteiger partial charge in [0.15, 0.2) is 0 Å². The van der Waals surface area contributed by atoms with Crippen LogP contribution in [0, 0.1) is 13.8 Å². The molecule has 30 heavy (non-hydrogen) atoms. The highest BCUT2D eigenvalue weighted by atomic mass is 32.2. The number of carbonyl (C=O) groups is 1. The van der Waals surface area contributed by atoms with Crippen molar-refractivity contribution < 1.29 is 13.2 Å². The van der Waals surface area contributed by atoms with Gasteiger partial charge in [-0.3, -0.25) is 9.52 Å². The molecule has 5 nitrogen and oxygen atoms in total. The molecule has 0 unspecified atom stereocenters. The van der Waals surface area contributed by atoms with E-state index >= 15 is 0 Å². The number of rotatable bonds is 6. The molecule has 0 heterocycles. The van der Waals surface area contributed by atoms with Gasteiger partial charge in [0.25, 0.3) is 15.9 Å². The summed E-state index contributed by atoms with van der Waals surface area (Å²) in [7, 11) is -3.72. The molecule has 0 aliphatic rings. The van der Waals surface area contributed by atoms with Crippen molar-refractivity contribution in [3.63, 3.8) is 0 Å². The number of hydrogen-bond acceptors (Lipinski definition) is 3. The Balaban J connectivity index is 1.71. The van der Waals surface area contributed by atoms with Crippen LogP contribution in [0.5, 0.6) is 0 Å². The lowest BCUT2D eigenvalue weighted by Gasteiger charge is -2.11. The largest absolute Gasteiger partial charge is 0.322 e. The summed E-state index contributed by atoms with van der Waals surface area (Å²) in [5.41, 5.74) is 4.72. The SMILES string of the molecule is Cc1cc(C)cc(NS(=O)(=O)c2ccc(NC(=O)c3ccc(C(C)C)cc3)cc2)c1. The molecule has 3 rings (SSSR count). The van der Waals surface area contributed by atoms with Crippen LogP contribution in [0.3, 0.4) is 0 Å². The van der Waals surface area contributed by atoms with E-state index in [1.165, 1.54) is 12.1 Å². The lowest BCUT2D eigenvalue weighted by atomic mass is 10.0. The second-order valence-electron chi connectivity index (χ2n) is 7.74. The van der Waals surface area contributed by atoms with Gasteiger partial charge >= 0.3 is 0 Å². The van der Waals surface area contributed by atoms with Gasteiger partial charge in [0, 0.05) is 16.9 Å². The van der Waals surface area contributed by atoms with E-state index in [1.807, 2.05) is 32.0 Å². The topological polar surface area (TPSA) is 75.3 Å². The molecule has 0 atom stereocenters. The molecule has 0 radical (unpaired) electrons. The first kappa shape index (κ1) is 21.6. The predicted molar refractivity (Wildman–Crippen MR) is 122 cm³/mol. The lowest BCUT2D eigenvalue weighted by molar-refractivity contribution is 0.102. The van der Waals surface area contributed by atoms with E-state index in [9.17, 15) is 13.2 Å². The number of aryl methyl sites for hydroxylation is 2. The summed E-state index contributed by atoms with van der Waals surface area (Å²) in [4.78, 5) is 12.6. The molecular formula is C24H26N2O3S. The standard InChI is InChI=1S/C24H26N2O3S/c1-16(2)19-5-7-20(8-6-19)24(27)25-21-9-11-23(12-10-21)30(28,29)26-22-14-17(3)13-18(4)15-22/h5-16,26H,1-4H3,(H,25,27). The van der Waals surface area contributed by atoms with Gasteiger partial charge in [0.2, 0.25) is 0 Å². The molecule has 3 aromatic rings. The number of nitrogens with one attached hydrogen (secondary N) is 2. The maximum absolute atomic E-state index is 12.7. The Bertz CT molecular complexity index is 1130. The first-order chi connectivity index (χ1) is 14.1. The number of benzene rings is 3. The molecule has 0 bridgehead atoms. The highest BCUT2D eigenvalue weighted by molar-refractivity contribution is 7.92. The molecule has 0 saturated carbocycles. The van der Waals surface area contributed by atoms with Crippen LogP contribution < -0.4 is 10.0 Å². The van der Waals surface area contributed by atoms with Gasteiger partial charge < -0.3 is 5.32 Å². The van der Waals surface area contributed by atoms with Gasteiger partial charge in [-0.1, -0.05) is 32.0 Å². The summed E-state index contributed by atoms with van der Waals surface area (Å²) in [5.74, 6) is 0.156. The number of sulfonamides is 1. The van der Waals surface area contributed by atoms with Crippen molar-refractivity contribution in [2.24, 2.45) is 0 Å². The van der Waals surface area contributed by atoms with E-state index < -0.39 is 10.0 Å². The summed E-state index contributed by atoms with van der Waals surface area (Å²) >= 11 is 0. The molecule has 0 saturated heterocycles. The number of hydrogen-bond donors (Lipinski definition) is 2. The van der Waals surface area contributed by atoms with Crippen molar-refractivity contribution >= 4 is 27.3 Å². The average Bonchev–Trinajstić information content (AvgIpc) is 2.67. The molecule has 0 aromatic heterocycles. The van der Waals surface area contributed by atoms with Crippen LogP contribution in [0.15, 0.2) is 71.6 Å². The molecule has 6 heteroatoms. The Labute approximate surface area is 178 Å². The van der Waals surface area contributed by atoms with Crippen molar-refractivity contribution in [1.82, 2.24) is 0 Å². The molecule has 0 spiro atoms. The lowest BCUT2D eigenvalue weighted by Crippen LogP contribution is -2.14. The van der Waals surface area contributed by atoms with Gasteiger partial charge in [0.05, 0.1) is 4.90 Å². The fourth-order valence-electron chi connectivity index (χ4n) is 3.19. The van der Waals surface area contributed by atoms with Crippen LogP contribution in [0.4, 0.5) is 11.4 Å². The van der Waals surface area contributed by atoms with Crippen LogP contribution >= 0.6 is 0 Å². The Kier molecular flexibility index (Phi) is 6.27. The second-order valence-corrected chi connectivity index (χ2v) is 9.42. The minimum Gasteiger partial charge on any atom is -0.322 e. The first-order valence-corrected chi connectivity index (χ1v) is 11.2. The third-order valence-corrected chi connectivity index (χ3v) is 6.13.